The molecule has 5 heteroatoms. The molecule has 0 fully saturated rings. The van der Waals surface area contributed by atoms with Gasteiger partial charge in [-0.3, -0.25) is 9.68 Å². The highest BCUT2D eigenvalue weighted by atomic mass is 16.9. The molecule has 0 heterocycles. The van der Waals surface area contributed by atoms with Gasteiger partial charge in [-0.15, -0.1) is 0 Å². The van der Waals surface area contributed by atoms with Gasteiger partial charge >= 0.3 is 0 Å². The first-order chi connectivity index (χ1) is 15.3. The van der Waals surface area contributed by atoms with E-state index >= 15 is 0 Å². The van der Waals surface area contributed by atoms with Crippen LogP contribution in [0.25, 0.3) is 0 Å². The first-order valence-electron chi connectivity index (χ1n) is 13.2. The van der Waals surface area contributed by atoms with Gasteiger partial charge in [-0.2, -0.15) is 0 Å². The third-order valence-corrected chi connectivity index (χ3v) is 5.51. The summed E-state index contributed by atoms with van der Waals surface area (Å²) in [7, 11) is 0. The molecule has 0 saturated carbocycles. The van der Waals surface area contributed by atoms with Crippen molar-refractivity contribution in [3.05, 3.63) is 12.2 Å². The van der Waals surface area contributed by atoms with E-state index in [0.717, 1.165) is 12.8 Å². The van der Waals surface area contributed by atoms with Crippen LogP contribution < -0.4 is 0 Å². The normalized spacial score (nSPS) is 11.9. The van der Waals surface area contributed by atoms with Gasteiger partial charge in [0.1, 0.15) is 0 Å². The van der Waals surface area contributed by atoms with Gasteiger partial charge in [0.25, 0.3) is 0 Å². The van der Waals surface area contributed by atoms with Gasteiger partial charge < -0.3 is 10.2 Å². The van der Waals surface area contributed by atoms with Gasteiger partial charge in [0.15, 0.2) is 0 Å². The summed E-state index contributed by atoms with van der Waals surface area (Å²) in [6.45, 7) is 3.33. The van der Waals surface area contributed by atoms with E-state index in [1.165, 1.54) is 108 Å². The van der Waals surface area contributed by atoms with Crippen molar-refractivity contribution in [3.63, 3.8) is 0 Å². The zero-order chi connectivity index (χ0) is 22.7. The van der Waals surface area contributed by atoms with E-state index < -0.39 is 0 Å². The molecule has 0 atom stereocenters. The maximum Gasteiger partial charge on any atom is 0.0942 e. The van der Waals surface area contributed by atoms with Crippen LogP contribution in [-0.2, 0) is 9.68 Å². The third-order valence-electron chi connectivity index (χ3n) is 5.51. The van der Waals surface area contributed by atoms with Crippen molar-refractivity contribution in [3.8, 4) is 0 Å². The van der Waals surface area contributed by atoms with E-state index in [9.17, 15) is 0 Å². The topological polar surface area (TPSA) is 62.2 Å². The Hall–Kier alpha value is -0.460. The summed E-state index contributed by atoms with van der Waals surface area (Å²) in [6.07, 6.45) is 28.6. The van der Waals surface area contributed by atoms with Gasteiger partial charge in [0, 0.05) is 0 Å². The highest BCUT2D eigenvalue weighted by molar-refractivity contribution is 4.81. The Labute approximate surface area is 193 Å². The Morgan fingerprint density at radius 3 is 1.35 bits per heavy atom. The lowest BCUT2D eigenvalue weighted by atomic mass is 10.1. The Bertz CT molecular complexity index is 344. The van der Waals surface area contributed by atoms with Crippen molar-refractivity contribution in [1.82, 2.24) is 5.23 Å². The number of aliphatic hydroxyl groups excluding tert-OH is 2. The fraction of sp³-hybridized carbons (Fsp3) is 0.923. The molecule has 0 saturated heterocycles. The van der Waals surface area contributed by atoms with Crippen LogP contribution in [0.1, 0.15) is 122 Å². The molecule has 186 valence electrons. The predicted molar refractivity (Wildman–Crippen MR) is 131 cm³/mol. The van der Waals surface area contributed by atoms with E-state index in [4.69, 9.17) is 19.9 Å². The van der Waals surface area contributed by atoms with Gasteiger partial charge in [-0.05, 0) is 32.1 Å². The van der Waals surface area contributed by atoms with Crippen molar-refractivity contribution in [2.45, 2.75) is 122 Å². The SMILES string of the molecule is CCCCCCCCC=CCCCCCCCCCCCCN(OCCO)OCCO. The molecule has 0 aliphatic rings. The molecule has 31 heavy (non-hydrogen) atoms. The minimum absolute atomic E-state index is 0.0328. The van der Waals surface area contributed by atoms with Gasteiger partial charge in [0.05, 0.1) is 33.0 Å². The van der Waals surface area contributed by atoms with Crippen molar-refractivity contribution in [1.29, 1.82) is 0 Å². The lowest BCUT2D eigenvalue weighted by Gasteiger charge is -2.20. The second kappa shape index (κ2) is 27.6. The van der Waals surface area contributed by atoms with Crippen LogP contribution in [-0.4, -0.2) is 48.4 Å². The molecule has 0 aromatic carbocycles. The smallest absolute Gasteiger partial charge is 0.0942 e. The number of allylic oxidation sites excluding steroid dienone is 2. The molecule has 0 rings (SSSR count). The number of unbranched alkanes of at least 4 members (excludes halogenated alkanes) is 16. The zero-order valence-electron chi connectivity index (χ0n) is 20.6. The zero-order valence-corrected chi connectivity index (χ0v) is 20.6. The Balaban J connectivity index is 3.27. The Morgan fingerprint density at radius 1 is 0.548 bits per heavy atom. The molecular formula is C26H53NO4. The molecule has 0 bridgehead atoms. The quantitative estimate of drug-likeness (QED) is 0.0881. The monoisotopic (exact) mass is 443 g/mol. The molecule has 0 unspecified atom stereocenters. The summed E-state index contributed by atoms with van der Waals surface area (Å²) in [4.78, 5) is 10.6. The first kappa shape index (κ1) is 30.5. The standard InChI is InChI=1S/C26H53NO4/c1-2-3-4-5-6-7-8-9-10-11-12-13-14-15-16-17-18-19-20-21-22-27(30-25-23-28)31-26-24-29/h9-10,28-29H,2-8,11-26H2,1H3. The van der Waals surface area contributed by atoms with Crippen LogP contribution in [0.2, 0.25) is 0 Å². The molecule has 0 aliphatic carbocycles. The van der Waals surface area contributed by atoms with Crippen LogP contribution in [0, 0.1) is 0 Å². The van der Waals surface area contributed by atoms with E-state index in [0.29, 0.717) is 6.54 Å². The third kappa shape index (κ3) is 25.7. The van der Waals surface area contributed by atoms with E-state index in [-0.39, 0.29) is 26.4 Å². The maximum absolute atomic E-state index is 8.82. The average molecular weight is 444 g/mol. The Kier molecular flexibility index (Phi) is 27.2. The number of aliphatic hydroxyl groups is 2. The molecule has 0 spiro atoms. The molecule has 2 N–H and O–H groups in total. The highest BCUT2D eigenvalue weighted by Gasteiger charge is 2.05. The van der Waals surface area contributed by atoms with E-state index in [1.807, 2.05) is 0 Å². The molecule has 0 aliphatic heterocycles. The van der Waals surface area contributed by atoms with Crippen LogP contribution in [0.5, 0.6) is 0 Å². The van der Waals surface area contributed by atoms with Gasteiger partial charge in [-0.25, -0.2) is 0 Å². The highest BCUT2D eigenvalue weighted by Crippen LogP contribution is 2.12. The van der Waals surface area contributed by atoms with Crippen LogP contribution >= 0.6 is 0 Å². The van der Waals surface area contributed by atoms with Gasteiger partial charge in [-0.1, -0.05) is 108 Å². The van der Waals surface area contributed by atoms with E-state index in [1.54, 1.807) is 0 Å². The van der Waals surface area contributed by atoms with Crippen LogP contribution in [0.3, 0.4) is 0 Å². The molecular weight excluding hydrogens is 390 g/mol. The lowest BCUT2D eigenvalue weighted by molar-refractivity contribution is -0.371. The largest absolute Gasteiger partial charge is 0.394 e. The first-order valence-corrected chi connectivity index (χ1v) is 13.2. The number of hydrogen-bond acceptors (Lipinski definition) is 5. The number of hydrogen-bond donors (Lipinski definition) is 2. The molecule has 0 aromatic rings. The summed E-state index contributed by atoms with van der Waals surface area (Å²) < 4.78 is 0. The van der Waals surface area contributed by atoms with E-state index in [2.05, 4.69) is 19.1 Å². The van der Waals surface area contributed by atoms with Crippen LogP contribution in [0.15, 0.2) is 12.2 Å². The molecule has 0 aromatic heterocycles. The van der Waals surface area contributed by atoms with Crippen molar-refractivity contribution < 1.29 is 19.9 Å². The van der Waals surface area contributed by atoms with Crippen molar-refractivity contribution in [2.75, 3.05) is 33.0 Å². The summed E-state index contributed by atoms with van der Waals surface area (Å²) in [6, 6.07) is 0. The predicted octanol–water partition coefficient (Wildman–Crippen LogP) is 6.73. The van der Waals surface area contributed by atoms with Crippen LogP contribution in [0.4, 0.5) is 0 Å². The summed E-state index contributed by atoms with van der Waals surface area (Å²) in [5.41, 5.74) is 0. The van der Waals surface area contributed by atoms with Crippen molar-refractivity contribution in [2.24, 2.45) is 0 Å². The van der Waals surface area contributed by atoms with Crippen molar-refractivity contribution >= 4 is 0 Å². The summed E-state index contributed by atoms with van der Waals surface area (Å²) in [5, 5.41) is 19.0. The minimum atomic E-state index is -0.0328. The number of rotatable bonds is 26. The molecule has 0 radical (unpaired) electrons. The summed E-state index contributed by atoms with van der Waals surface area (Å²) in [5.74, 6) is 0. The lowest BCUT2D eigenvalue weighted by Crippen LogP contribution is -2.28. The second-order valence-electron chi connectivity index (χ2n) is 8.52. The maximum atomic E-state index is 8.82. The fourth-order valence-corrected chi connectivity index (χ4v) is 3.65. The average Bonchev–Trinajstić information content (AvgIpc) is 2.79. The Morgan fingerprint density at radius 2 is 0.935 bits per heavy atom. The number of hydroxylamine groups is 2. The summed E-state index contributed by atoms with van der Waals surface area (Å²) >= 11 is 0. The van der Waals surface area contributed by atoms with Gasteiger partial charge in [0.2, 0.25) is 0 Å². The minimum Gasteiger partial charge on any atom is -0.394 e. The number of nitrogens with zero attached hydrogens (tertiary/aromatic N) is 1. The molecule has 5 nitrogen and oxygen atoms in total. The fourth-order valence-electron chi connectivity index (χ4n) is 3.65. The second-order valence-corrected chi connectivity index (χ2v) is 8.52. The molecule has 0 amide bonds.